The molecule has 6 heteroatoms. The van der Waals surface area contributed by atoms with Crippen molar-refractivity contribution in [2.24, 2.45) is 5.92 Å². The van der Waals surface area contributed by atoms with Gasteiger partial charge in [0.2, 0.25) is 0 Å². The summed E-state index contributed by atoms with van der Waals surface area (Å²) in [7, 11) is 0. The van der Waals surface area contributed by atoms with Crippen molar-refractivity contribution in [1.82, 2.24) is 15.5 Å². The fourth-order valence-corrected chi connectivity index (χ4v) is 3.28. The Morgan fingerprint density at radius 3 is 2.58 bits per heavy atom. The van der Waals surface area contributed by atoms with Gasteiger partial charge in [0, 0.05) is 28.3 Å². The summed E-state index contributed by atoms with van der Waals surface area (Å²) in [6, 6.07) is 14.7. The molecular weight excluding hydrogens is 369 g/mol. The molecule has 1 fully saturated rings. The number of benzene rings is 2. The van der Waals surface area contributed by atoms with Crippen LogP contribution in [0.4, 0.5) is 0 Å². The number of H-pyrrole nitrogens is 1. The minimum atomic E-state index is -0.0286. The molecule has 4 rings (SSSR count). The average molecular weight is 386 g/mol. The number of rotatable bonds is 5. The number of nitrogens with zero attached hydrogens (tertiary/aromatic N) is 1. The fraction of sp³-hybridized carbons (Fsp3) is 0.200. The van der Waals surface area contributed by atoms with Crippen LogP contribution < -0.4 is 5.32 Å². The first kappa shape index (κ1) is 17.1. The van der Waals surface area contributed by atoms with Gasteiger partial charge in [-0.1, -0.05) is 35.3 Å². The van der Waals surface area contributed by atoms with E-state index < -0.39 is 0 Å². The Kier molecular flexibility index (Phi) is 4.70. The maximum absolute atomic E-state index is 12.1. The minimum absolute atomic E-state index is 0.0286. The Morgan fingerprint density at radius 1 is 1.12 bits per heavy atom. The number of halogens is 2. The first-order valence-electron chi connectivity index (χ1n) is 8.49. The normalized spacial score (nSPS) is 13.6. The van der Waals surface area contributed by atoms with Gasteiger partial charge in [-0.05, 0) is 55.2 Å². The van der Waals surface area contributed by atoms with E-state index in [1.54, 1.807) is 12.1 Å². The number of carbonyl (C=O) groups excluding carboxylic acids is 1. The van der Waals surface area contributed by atoms with Gasteiger partial charge in [-0.3, -0.25) is 9.89 Å². The molecule has 0 radical (unpaired) electrons. The highest BCUT2D eigenvalue weighted by molar-refractivity contribution is 6.36. The van der Waals surface area contributed by atoms with Crippen molar-refractivity contribution in [1.29, 1.82) is 0 Å². The number of amides is 1. The summed E-state index contributed by atoms with van der Waals surface area (Å²) in [5.41, 5.74) is 4.02. The third kappa shape index (κ3) is 3.76. The van der Waals surface area contributed by atoms with Crippen molar-refractivity contribution < 1.29 is 4.79 Å². The fourth-order valence-electron chi connectivity index (χ4n) is 2.77. The standard InChI is InChI=1S/C20H17Cl2N3O/c21-15-7-8-16(17(22)9-15)19-10-18(24-25-19)13-3-5-14(6-4-13)20(26)23-11-12-1-2-12/h3-10,12H,1-2,11H2,(H,23,26)(H,24,25). The molecule has 1 saturated carbocycles. The molecule has 1 aromatic heterocycles. The zero-order valence-corrected chi connectivity index (χ0v) is 15.4. The molecule has 26 heavy (non-hydrogen) atoms. The van der Waals surface area contributed by atoms with Crippen LogP contribution in [-0.4, -0.2) is 22.6 Å². The Balaban J connectivity index is 1.51. The van der Waals surface area contributed by atoms with Gasteiger partial charge in [0.05, 0.1) is 16.4 Å². The molecular formula is C20H17Cl2N3O. The monoisotopic (exact) mass is 385 g/mol. The van der Waals surface area contributed by atoms with Crippen LogP contribution in [0.15, 0.2) is 48.5 Å². The predicted octanol–water partition coefficient (Wildman–Crippen LogP) is 5.19. The van der Waals surface area contributed by atoms with Gasteiger partial charge in [0.15, 0.2) is 0 Å². The first-order valence-corrected chi connectivity index (χ1v) is 9.25. The molecule has 2 N–H and O–H groups in total. The lowest BCUT2D eigenvalue weighted by Crippen LogP contribution is -2.25. The molecule has 0 spiro atoms. The smallest absolute Gasteiger partial charge is 0.251 e. The molecule has 0 unspecified atom stereocenters. The van der Waals surface area contributed by atoms with E-state index in [9.17, 15) is 4.79 Å². The van der Waals surface area contributed by atoms with Crippen molar-refractivity contribution in [3.05, 3.63) is 64.1 Å². The summed E-state index contributed by atoms with van der Waals surface area (Å²) in [4.78, 5) is 12.1. The summed E-state index contributed by atoms with van der Waals surface area (Å²) in [6.07, 6.45) is 2.44. The summed E-state index contributed by atoms with van der Waals surface area (Å²) >= 11 is 12.2. The third-order valence-corrected chi connectivity index (χ3v) is 5.04. The molecule has 0 atom stereocenters. The first-order chi connectivity index (χ1) is 12.6. The lowest BCUT2D eigenvalue weighted by atomic mass is 10.1. The van der Waals surface area contributed by atoms with Gasteiger partial charge >= 0.3 is 0 Å². The summed E-state index contributed by atoms with van der Waals surface area (Å²) in [6.45, 7) is 0.769. The van der Waals surface area contributed by atoms with Crippen LogP contribution in [0.1, 0.15) is 23.2 Å². The van der Waals surface area contributed by atoms with E-state index in [1.165, 1.54) is 12.8 Å². The third-order valence-electron chi connectivity index (χ3n) is 4.49. The van der Waals surface area contributed by atoms with Crippen LogP contribution in [0.25, 0.3) is 22.5 Å². The maximum atomic E-state index is 12.1. The van der Waals surface area contributed by atoms with Gasteiger partial charge in [0.1, 0.15) is 0 Å². The maximum Gasteiger partial charge on any atom is 0.251 e. The largest absolute Gasteiger partial charge is 0.352 e. The number of aromatic amines is 1. The highest BCUT2D eigenvalue weighted by Gasteiger charge is 2.21. The Morgan fingerprint density at radius 2 is 1.88 bits per heavy atom. The molecule has 0 aliphatic heterocycles. The van der Waals surface area contributed by atoms with Gasteiger partial charge in [-0.2, -0.15) is 5.10 Å². The quantitative estimate of drug-likeness (QED) is 0.634. The van der Waals surface area contributed by atoms with Crippen molar-refractivity contribution >= 4 is 29.1 Å². The van der Waals surface area contributed by atoms with Crippen LogP contribution in [-0.2, 0) is 0 Å². The molecule has 1 amide bonds. The second-order valence-corrected chi connectivity index (χ2v) is 7.37. The van der Waals surface area contributed by atoms with E-state index >= 15 is 0 Å². The second-order valence-electron chi connectivity index (χ2n) is 6.52. The lowest BCUT2D eigenvalue weighted by molar-refractivity contribution is 0.0952. The van der Waals surface area contributed by atoms with E-state index in [0.29, 0.717) is 21.5 Å². The van der Waals surface area contributed by atoms with Crippen LogP contribution in [0.2, 0.25) is 10.0 Å². The van der Waals surface area contributed by atoms with Gasteiger partial charge in [-0.15, -0.1) is 0 Å². The van der Waals surface area contributed by atoms with E-state index in [0.717, 1.165) is 29.1 Å². The van der Waals surface area contributed by atoms with E-state index in [-0.39, 0.29) is 5.91 Å². The SMILES string of the molecule is O=C(NCC1CC1)c1ccc(-c2cc(-c3ccc(Cl)cc3Cl)[nH]n2)cc1. The van der Waals surface area contributed by atoms with Crippen molar-refractivity contribution in [3.8, 4) is 22.5 Å². The number of hydrogen-bond donors (Lipinski definition) is 2. The number of nitrogens with one attached hydrogen (secondary N) is 2. The highest BCUT2D eigenvalue weighted by Crippen LogP contribution is 2.31. The van der Waals surface area contributed by atoms with Gasteiger partial charge in [-0.25, -0.2) is 0 Å². The Bertz CT molecular complexity index is 946. The lowest BCUT2D eigenvalue weighted by Gasteiger charge is -2.04. The Hall–Kier alpha value is -2.30. The van der Waals surface area contributed by atoms with Gasteiger partial charge < -0.3 is 5.32 Å². The molecule has 132 valence electrons. The summed E-state index contributed by atoms with van der Waals surface area (Å²) in [5, 5.41) is 11.5. The number of carbonyl (C=O) groups is 1. The molecule has 3 aromatic rings. The molecule has 1 aliphatic carbocycles. The molecule has 0 bridgehead atoms. The average Bonchev–Trinajstić information content (AvgIpc) is 3.35. The summed E-state index contributed by atoms with van der Waals surface area (Å²) in [5.74, 6) is 0.638. The van der Waals surface area contributed by atoms with E-state index in [4.69, 9.17) is 23.2 Å². The van der Waals surface area contributed by atoms with Crippen molar-refractivity contribution in [3.63, 3.8) is 0 Å². The second kappa shape index (κ2) is 7.14. The van der Waals surface area contributed by atoms with Gasteiger partial charge in [0.25, 0.3) is 5.91 Å². The van der Waals surface area contributed by atoms with Crippen molar-refractivity contribution in [2.75, 3.05) is 6.54 Å². The van der Waals surface area contributed by atoms with E-state index in [1.807, 2.05) is 36.4 Å². The predicted molar refractivity (Wildman–Crippen MR) is 105 cm³/mol. The van der Waals surface area contributed by atoms with E-state index in [2.05, 4.69) is 15.5 Å². The van der Waals surface area contributed by atoms with Crippen LogP contribution >= 0.6 is 23.2 Å². The number of hydrogen-bond acceptors (Lipinski definition) is 2. The molecule has 1 aliphatic rings. The summed E-state index contributed by atoms with van der Waals surface area (Å²) < 4.78 is 0. The highest BCUT2D eigenvalue weighted by atomic mass is 35.5. The molecule has 0 saturated heterocycles. The van der Waals surface area contributed by atoms with Crippen LogP contribution in [0, 0.1) is 5.92 Å². The number of aromatic nitrogens is 2. The Labute approximate surface area is 161 Å². The van der Waals surface area contributed by atoms with Crippen LogP contribution in [0.3, 0.4) is 0 Å². The topological polar surface area (TPSA) is 57.8 Å². The zero-order valence-electron chi connectivity index (χ0n) is 13.9. The zero-order chi connectivity index (χ0) is 18.1. The molecule has 1 heterocycles. The molecule has 4 nitrogen and oxygen atoms in total. The van der Waals surface area contributed by atoms with Crippen molar-refractivity contribution in [2.45, 2.75) is 12.8 Å². The minimum Gasteiger partial charge on any atom is -0.352 e. The molecule has 2 aromatic carbocycles. The van der Waals surface area contributed by atoms with Crippen LogP contribution in [0.5, 0.6) is 0 Å².